The van der Waals surface area contributed by atoms with Crippen LogP contribution in [0.5, 0.6) is 0 Å². The van der Waals surface area contributed by atoms with E-state index in [9.17, 15) is 4.79 Å². The van der Waals surface area contributed by atoms with Crippen molar-refractivity contribution in [2.24, 2.45) is 5.41 Å². The third-order valence-corrected chi connectivity index (χ3v) is 3.34. The number of carbonyl (C=O) groups is 1. The number of rotatable bonds is 4. The smallest absolute Gasteiger partial charge is 0.311 e. The molecule has 0 aliphatic rings. The zero-order valence-electron chi connectivity index (χ0n) is 16.0. The van der Waals surface area contributed by atoms with Gasteiger partial charge in [0, 0.05) is 38.6 Å². The Balaban J connectivity index is 0.00000134. The van der Waals surface area contributed by atoms with Crippen molar-refractivity contribution < 1.29 is 42.2 Å². The number of hydrogen-bond acceptors (Lipinski definition) is 2. The fourth-order valence-corrected chi connectivity index (χ4v) is 2.08. The molecule has 1 radical (unpaired) electrons. The van der Waals surface area contributed by atoms with Gasteiger partial charge < -0.3 is 11.2 Å². The van der Waals surface area contributed by atoms with Gasteiger partial charge in [-0.3, -0.25) is 4.79 Å². The summed E-state index contributed by atoms with van der Waals surface area (Å²) >= 11 is 0. The molecule has 0 heterocycles. The van der Waals surface area contributed by atoms with Gasteiger partial charge in [0.05, 0.1) is 5.41 Å². The van der Waals surface area contributed by atoms with E-state index in [0.717, 1.165) is 11.1 Å². The summed E-state index contributed by atoms with van der Waals surface area (Å²) in [5, 5.41) is 0. The van der Waals surface area contributed by atoms with E-state index < -0.39 is 5.41 Å². The summed E-state index contributed by atoms with van der Waals surface area (Å²) in [5.41, 5.74) is 1.79. The summed E-state index contributed by atoms with van der Waals surface area (Å²) in [6, 6.07) is 20.9. The van der Waals surface area contributed by atoms with Gasteiger partial charge in [0.1, 0.15) is 6.61 Å². The van der Waals surface area contributed by atoms with Gasteiger partial charge in [-0.25, -0.2) is 0 Å². The molecule has 2 rings (SSSR count). The van der Waals surface area contributed by atoms with Crippen molar-refractivity contribution in [2.75, 3.05) is 6.61 Å². The Labute approximate surface area is 178 Å². The van der Waals surface area contributed by atoms with Crippen LogP contribution in [-0.4, -0.2) is 12.6 Å². The maximum Gasteiger partial charge on any atom is 0.311 e. The Kier molecular flexibility index (Phi) is 11.9. The Bertz CT molecular complexity index is 549. The number of carbonyl (C=O) groups excluding carboxylic acids is 1. The molecular weight excluding hydrogens is 385 g/mol. The molecule has 25 heavy (non-hydrogen) atoms. The van der Waals surface area contributed by atoms with E-state index in [1.54, 1.807) is 0 Å². The normalized spacial score (nSPS) is 11.4. The zero-order valence-corrected chi connectivity index (χ0v) is 18.8. The van der Waals surface area contributed by atoms with Crippen molar-refractivity contribution in [3.63, 3.8) is 0 Å². The van der Waals surface area contributed by atoms with Gasteiger partial charge in [-0.1, -0.05) is 30.3 Å². The number of ether oxygens (including phenoxy) is 1. The third kappa shape index (κ3) is 8.78. The second-order valence-corrected chi connectivity index (χ2v) is 6.72. The van der Waals surface area contributed by atoms with E-state index in [2.05, 4.69) is 18.2 Å². The molecule has 0 saturated heterocycles. The van der Waals surface area contributed by atoms with Crippen molar-refractivity contribution in [3.8, 4) is 0 Å². The summed E-state index contributed by atoms with van der Waals surface area (Å²) in [7, 11) is 0. The predicted octanol–water partition coefficient (Wildman–Crippen LogP) is 5.44. The number of esters is 1. The molecule has 0 N–H and O–H groups in total. The molecule has 0 saturated carbocycles. The molecule has 2 nitrogen and oxygen atoms in total. The van der Waals surface area contributed by atoms with Crippen LogP contribution in [0.25, 0.3) is 0 Å². The molecule has 0 spiro atoms. The fraction of sp³-hybridized carbons (Fsp3) is 0.364. The average Bonchev–Trinajstić information content (AvgIpc) is 2.57. The van der Waals surface area contributed by atoms with Crippen LogP contribution in [0.4, 0.5) is 0 Å². The maximum atomic E-state index is 12.0. The van der Waals surface area contributed by atoms with Crippen LogP contribution in [0, 0.1) is 17.9 Å². The molecule has 0 fully saturated rings. The number of hydrogen-bond donors (Lipinski definition) is 0. The molecule has 0 aliphatic heterocycles. The maximum absolute atomic E-state index is 12.0. The first kappa shape index (κ1) is 24.0. The molecule has 0 amide bonds. The average molecular weight is 413 g/mol. The fourth-order valence-electron chi connectivity index (χ4n) is 2.08. The van der Waals surface area contributed by atoms with E-state index in [4.69, 9.17) is 4.74 Å². The second kappa shape index (κ2) is 12.4. The first-order valence-electron chi connectivity index (χ1n) is 8.32. The first-order chi connectivity index (χ1) is 11.4. The van der Waals surface area contributed by atoms with Crippen LogP contribution >= 0.6 is 0 Å². The first-order valence-corrected chi connectivity index (χ1v) is 8.32. The van der Waals surface area contributed by atoms with Gasteiger partial charge in [0.25, 0.3) is 0 Å². The Morgan fingerprint density at radius 1 is 1.04 bits per heavy atom. The van der Waals surface area contributed by atoms with Crippen molar-refractivity contribution in [3.05, 3.63) is 78.2 Å². The summed E-state index contributed by atoms with van der Waals surface area (Å²) in [4.78, 5) is 12.0. The molecule has 0 bridgehead atoms. The molecule has 1 unspecified atom stereocenters. The number of benzene rings is 2. The zero-order chi connectivity index (χ0) is 18.0. The standard InChI is InChI=1S/C19H21O2.C3H7.Y/c1-19(2,3)18(20)21-14-17(15-10-6-4-7-11-15)16-12-8-5-9-13-16;1-3-2;/h4,6-13,17H,14H2,1-3H3;3H,1-2H3;/q2*-1;. The van der Waals surface area contributed by atoms with E-state index in [1.807, 2.05) is 83.5 Å². The van der Waals surface area contributed by atoms with Crippen LogP contribution in [0.3, 0.4) is 0 Å². The van der Waals surface area contributed by atoms with E-state index >= 15 is 0 Å². The summed E-state index contributed by atoms with van der Waals surface area (Å²) in [6.07, 6.45) is 2.00. The van der Waals surface area contributed by atoms with Gasteiger partial charge in [-0.05, 0) is 26.3 Å². The topological polar surface area (TPSA) is 26.3 Å². The van der Waals surface area contributed by atoms with Gasteiger partial charge in [-0.2, -0.15) is 44.2 Å². The Hall–Kier alpha value is -0.986. The molecule has 1 atom stereocenters. The molecule has 0 aromatic heterocycles. The van der Waals surface area contributed by atoms with Gasteiger partial charge in [0.2, 0.25) is 0 Å². The van der Waals surface area contributed by atoms with E-state index in [-0.39, 0.29) is 44.6 Å². The van der Waals surface area contributed by atoms with Crippen molar-refractivity contribution in [1.82, 2.24) is 0 Å². The van der Waals surface area contributed by atoms with Crippen LogP contribution in [0.2, 0.25) is 0 Å². The monoisotopic (exact) mass is 413 g/mol. The van der Waals surface area contributed by atoms with Crippen LogP contribution < -0.4 is 0 Å². The molecule has 2 aromatic rings. The molecule has 3 heteroatoms. The Morgan fingerprint density at radius 3 is 2.00 bits per heavy atom. The Morgan fingerprint density at radius 2 is 1.52 bits per heavy atom. The minimum Gasteiger partial charge on any atom is -0.464 e. The van der Waals surface area contributed by atoms with Crippen molar-refractivity contribution >= 4 is 5.97 Å². The van der Waals surface area contributed by atoms with Crippen molar-refractivity contribution in [2.45, 2.75) is 40.5 Å². The van der Waals surface area contributed by atoms with Crippen LogP contribution in [0.15, 0.2) is 54.6 Å². The molecule has 133 valence electrons. The SMILES string of the molecule is CC(C)(C)C(=O)OCC(c1cc[c-]cc1)c1ccccc1.C[CH-]C.[Y]. The molecule has 0 aliphatic carbocycles. The largest absolute Gasteiger partial charge is 0.464 e. The molecule has 2 aromatic carbocycles. The summed E-state index contributed by atoms with van der Waals surface area (Å²) < 4.78 is 5.53. The van der Waals surface area contributed by atoms with Gasteiger partial charge >= 0.3 is 5.97 Å². The summed E-state index contributed by atoms with van der Waals surface area (Å²) in [5.74, 6) is -0.127. The third-order valence-electron chi connectivity index (χ3n) is 3.34. The van der Waals surface area contributed by atoms with Crippen LogP contribution in [0.1, 0.15) is 51.7 Å². The summed E-state index contributed by atoms with van der Waals surface area (Å²) in [6.45, 7) is 9.95. The quantitative estimate of drug-likeness (QED) is 0.493. The minimum atomic E-state index is -0.480. The van der Waals surface area contributed by atoms with Crippen molar-refractivity contribution in [1.29, 1.82) is 0 Å². The van der Waals surface area contributed by atoms with E-state index in [1.165, 1.54) is 0 Å². The van der Waals surface area contributed by atoms with E-state index in [0.29, 0.717) is 6.61 Å². The minimum absolute atomic E-state index is 0. The predicted molar refractivity (Wildman–Crippen MR) is 99.6 cm³/mol. The van der Waals surface area contributed by atoms with Gasteiger partial charge in [0.15, 0.2) is 0 Å². The molecular formula is C22H28O2Y-2. The van der Waals surface area contributed by atoms with Gasteiger partial charge in [-0.15, -0.1) is 5.56 Å². The van der Waals surface area contributed by atoms with Crippen LogP contribution in [-0.2, 0) is 42.2 Å². The second-order valence-electron chi connectivity index (χ2n) is 6.72.